The van der Waals surface area contributed by atoms with E-state index in [2.05, 4.69) is 16.7 Å². The van der Waals surface area contributed by atoms with Crippen LogP contribution in [-0.2, 0) is 19.2 Å². The Hall–Kier alpha value is -2.43. The Labute approximate surface area is 179 Å². The van der Waals surface area contributed by atoms with Crippen LogP contribution in [0.1, 0.15) is 72.1 Å². The highest BCUT2D eigenvalue weighted by Crippen LogP contribution is 2.30. The van der Waals surface area contributed by atoms with Gasteiger partial charge in [-0.15, -0.1) is 0 Å². The molecule has 0 radical (unpaired) electrons. The zero-order valence-corrected chi connectivity index (χ0v) is 18.5. The fraction of sp³-hybridized carbons (Fsp3) is 0.773. The summed E-state index contributed by atoms with van der Waals surface area (Å²) in [5, 5.41) is 14.3. The van der Waals surface area contributed by atoms with Crippen molar-refractivity contribution in [1.29, 1.82) is 5.26 Å². The Kier molecular flexibility index (Phi) is 11.7. The smallest absolute Gasteiger partial charge is 0.229 e. The van der Waals surface area contributed by atoms with Crippen LogP contribution in [0.15, 0.2) is 0 Å². The first-order valence-corrected chi connectivity index (χ1v) is 11.2. The lowest BCUT2D eigenvalue weighted by atomic mass is 9.81. The van der Waals surface area contributed by atoms with Gasteiger partial charge in [0.1, 0.15) is 0 Å². The van der Waals surface area contributed by atoms with Gasteiger partial charge in [0.05, 0.1) is 6.07 Å². The fourth-order valence-electron chi connectivity index (χ4n) is 3.72. The predicted molar refractivity (Wildman–Crippen MR) is 113 cm³/mol. The van der Waals surface area contributed by atoms with E-state index in [0.29, 0.717) is 45.3 Å². The summed E-state index contributed by atoms with van der Waals surface area (Å²) in [6, 6.07) is 2.09. The van der Waals surface area contributed by atoms with Crippen LogP contribution in [0.3, 0.4) is 0 Å². The maximum absolute atomic E-state index is 12.3. The van der Waals surface area contributed by atoms with Gasteiger partial charge in [-0.3, -0.25) is 24.1 Å². The summed E-state index contributed by atoms with van der Waals surface area (Å²) in [4.78, 5) is 48.7. The van der Waals surface area contributed by atoms with Crippen LogP contribution in [0.2, 0.25) is 0 Å². The lowest BCUT2D eigenvalue weighted by Crippen LogP contribution is -2.40. The van der Waals surface area contributed by atoms with Gasteiger partial charge in [-0.2, -0.15) is 5.26 Å². The van der Waals surface area contributed by atoms with E-state index in [1.54, 1.807) is 6.92 Å². The van der Waals surface area contributed by atoms with Gasteiger partial charge in [-0.05, 0) is 44.9 Å². The van der Waals surface area contributed by atoms with Crippen molar-refractivity contribution in [3.05, 3.63) is 0 Å². The predicted octanol–water partition coefficient (Wildman–Crippen LogP) is 2.14. The Morgan fingerprint density at radius 1 is 1.07 bits per heavy atom. The van der Waals surface area contributed by atoms with Gasteiger partial charge in [0, 0.05) is 50.7 Å². The SMILES string of the molecule is CC.CC(C#N)CCC(=O)NCCNC(=O)C1CCC(CN2C(=O)CCC2=O)CC1. The molecule has 2 aliphatic rings. The Morgan fingerprint density at radius 2 is 1.63 bits per heavy atom. The van der Waals surface area contributed by atoms with Crippen molar-refractivity contribution in [3.63, 3.8) is 0 Å². The van der Waals surface area contributed by atoms with Gasteiger partial charge in [-0.1, -0.05) is 13.8 Å². The van der Waals surface area contributed by atoms with Crippen LogP contribution in [0, 0.1) is 29.1 Å². The molecule has 2 rings (SSSR count). The largest absolute Gasteiger partial charge is 0.354 e. The van der Waals surface area contributed by atoms with Crippen molar-refractivity contribution in [3.8, 4) is 6.07 Å². The molecule has 1 unspecified atom stereocenters. The third kappa shape index (κ3) is 8.52. The molecule has 4 amide bonds. The van der Waals surface area contributed by atoms with E-state index in [-0.39, 0.29) is 41.4 Å². The molecule has 8 nitrogen and oxygen atoms in total. The molecule has 0 aromatic rings. The number of carbonyl (C=O) groups excluding carboxylic acids is 4. The highest BCUT2D eigenvalue weighted by Gasteiger charge is 2.33. The number of nitrogens with zero attached hydrogens (tertiary/aromatic N) is 2. The van der Waals surface area contributed by atoms with Crippen molar-refractivity contribution in [2.24, 2.45) is 17.8 Å². The summed E-state index contributed by atoms with van der Waals surface area (Å²) >= 11 is 0. The summed E-state index contributed by atoms with van der Waals surface area (Å²) in [7, 11) is 0. The normalized spacial score (nSPS) is 21.9. The van der Waals surface area contributed by atoms with Crippen LogP contribution in [-0.4, -0.2) is 48.2 Å². The first kappa shape index (κ1) is 25.6. The molecule has 8 heteroatoms. The second kappa shape index (κ2) is 13.7. The van der Waals surface area contributed by atoms with Crippen molar-refractivity contribution >= 4 is 23.6 Å². The van der Waals surface area contributed by atoms with Crippen LogP contribution >= 0.6 is 0 Å². The minimum Gasteiger partial charge on any atom is -0.354 e. The lowest BCUT2D eigenvalue weighted by Gasteiger charge is -2.30. The third-order valence-electron chi connectivity index (χ3n) is 5.58. The quantitative estimate of drug-likeness (QED) is 0.437. The molecular weight excluding hydrogens is 384 g/mol. The van der Waals surface area contributed by atoms with Crippen LogP contribution < -0.4 is 10.6 Å². The maximum Gasteiger partial charge on any atom is 0.229 e. The highest BCUT2D eigenvalue weighted by atomic mass is 16.2. The van der Waals surface area contributed by atoms with Gasteiger partial charge in [-0.25, -0.2) is 0 Å². The fourth-order valence-corrected chi connectivity index (χ4v) is 3.72. The molecule has 1 heterocycles. The molecule has 1 aliphatic heterocycles. The van der Waals surface area contributed by atoms with Crippen molar-refractivity contribution in [2.75, 3.05) is 19.6 Å². The standard InChI is InChI=1S/C20H30N4O4.C2H6/c1-14(12-21)2-7-17(25)22-10-11-23-20(28)16-5-3-15(4-6-16)13-24-18(26)8-9-19(24)27;1-2/h14-16H,2-11,13H2,1H3,(H,22,25)(H,23,28);1-2H3. The first-order chi connectivity index (χ1) is 14.4. The molecule has 0 bridgehead atoms. The van der Waals surface area contributed by atoms with E-state index < -0.39 is 0 Å². The lowest BCUT2D eigenvalue weighted by molar-refractivity contribution is -0.139. The average molecular weight is 421 g/mol. The van der Waals surface area contributed by atoms with Gasteiger partial charge in [0.25, 0.3) is 0 Å². The molecule has 0 aromatic carbocycles. The molecule has 1 saturated heterocycles. The molecule has 30 heavy (non-hydrogen) atoms. The number of rotatable bonds is 9. The van der Waals surface area contributed by atoms with E-state index in [4.69, 9.17) is 5.26 Å². The highest BCUT2D eigenvalue weighted by molar-refractivity contribution is 6.01. The molecule has 168 valence electrons. The second-order valence-corrected chi connectivity index (χ2v) is 7.83. The molecule has 0 spiro atoms. The van der Waals surface area contributed by atoms with E-state index in [9.17, 15) is 19.2 Å². The van der Waals surface area contributed by atoms with E-state index >= 15 is 0 Å². The number of likely N-dealkylation sites (tertiary alicyclic amines) is 1. The summed E-state index contributed by atoms with van der Waals surface area (Å²) < 4.78 is 0. The molecule has 1 aliphatic carbocycles. The number of imide groups is 1. The minimum atomic E-state index is -0.137. The summed E-state index contributed by atoms with van der Waals surface area (Å²) in [5.41, 5.74) is 0. The van der Waals surface area contributed by atoms with Gasteiger partial charge >= 0.3 is 0 Å². The number of nitrogens with one attached hydrogen (secondary N) is 2. The number of carbonyl (C=O) groups is 4. The molecule has 1 atom stereocenters. The van der Waals surface area contributed by atoms with Crippen LogP contribution in [0.25, 0.3) is 0 Å². The zero-order chi connectivity index (χ0) is 22.5. The van der Waals surface area contributed by atoms with E-state index in [0.717, 1.165) is 25.7 Å². The number of nitriles is 1. The monoisotopic (exact) mass is 420 g/mol. The maximum atomic E-state index is 12.3. The average Bonchev–Trinajstić information content (AvgIpc) is 3.08. The van der Waals surface area contributed by atoms with E-state index in [1.165, 1.54) is 4.90 Å². The molecule has 2 N–H and O–H groups in total. The zero-order valence-electron chi connectivity index (χ0n) is 18.5. The second-order valence-electron chi connectivity index (χ2n) is 7.83. The number of hydrogen-bond acceptors (Lipinski definition) is 5. The summed E-state index contributed by atoms with van der Waals surface area (Å²) in [6.07, 6.45) is 4.68. The summed E-state index contributed by atoms with van der Waals surface area (Å²) in [5.74, 6) is -0.161. The van der Waals surface area contributed by atoms with Crippen LogP contribution in [0.5, 0.6) is 0 Å². The molecule has 0 aromatic heterocycles. The van der Waals surface area contributed by atoms with Gasteiger partial charge in [0.2, 0.25) is 23.6 Å². The van der Waals surface area contributed by atoms with Crippen molar-refractivity contribution in [2.45, 2.75) is 72.1 Å². The third-order valence-corrected chi connectivity index (χ3v) is 5.58. The van der Waals surface area contributed by atoms with Gasteiger partial charge < -0.3 is 10.6 Å². The van der Waals surface area contributed by atoms with Crippen LogP contribution in [0.4, 0.5) is 0 Å². The first-order valence-electron chi connectivity index (χ1n) is 11.2. The molecular formula is C22H36N4O4. The van der Waals surface area contributed by atoms with Gasteiger partial charge in [0.15, 0.2) is 0 Å². The topological polar surface area (TPSA) is 119 Å². The Bertz CT molecular complexity index is 620. The van der Waals surface area contributed by atoms with Crippen molar-refractivity contribution in [1.82, 2.24) is 15.5 Å². The number of hydrogen-bond donors (Lipinski definition) is 2. The molecule has 2 fully saturated rings. The Morgan fingerprint density at radius 3 is 2.20 bits per heavy atom. The molecule has 1 saturated carbocycles. The van der Waals surface area contributed by atoms with E-state index in [1.807, 2.05) is 13.8 Å². The minimum absolute atomic E-state index is 0.000808. The summed E-state index contributed by atoms with van der Waals surface area (Å²) in [6.45, 7) is 7.03. The van der Waals surface area contributed by atoms with Crippen molar-refractivity contribution < 1.29 is 19.2 Å². The number of amides is 4. The Balaban J connectivity index is 0.00000218.